The van der Waals surface area contributed by atoms with Crippen molar-refractivity contribution in [1.29, 1.82) is 0 Å². The number of hydrogen-bond acceptors (Lipinski definition) is 3. The van der Waals surface area contributed by atoms with E-state index in [9.17, 15) is 0 Å². The molecule has 0 bridgehead atoms. The van der Waals surface area contributed by atoms with Crippen molar-refractivity contribution in [3.63, 3.8) is 0 Å². The predicted octanol–water partition coefficient (Wildman–Crippen LogP) is 1.38. The molecule has 1 fully saturated rings. The molecular weight excluding hydrogens is 178 g/mol. The van der Waals surface area contributed by atoms with E-state index < -0.39 is 0 Å². The van der Waals surface area contributed by atoms with Gasteiger partial charge in [-0.25, -0.2) is 0 Å². The van der Waals surface area contributed by atoms with Crippen LogP contribution in [0.5, 0.6) is 0 Å². The second-order valence-electron chi connectivity index (χ2n) is 5.07. The molecule has 1 rings (SSSR count). The molecular formula is C11H23NO2. The van der Waals surface area contributed by atoms with Gasteiger partial charge in [0.2, 0.25) is 0 Å². The van der Waals surface area contributed by atoms with Crippen LogP contribution in [0.2, 0.25) is 0 Å². The number of ether oxygens (including phenoxy) is 2. The monoisotopic (exact) mass is 201 g/mol. The topological polar surface area (TPSA) is 21.7 Å². The lowest BCUT2D eigenvalue weighted by Gasteiger charge is -2.27. The third kappa shape index (κ3) is 5.58. The van der Waals surface area contributed by atoms with Crippen LogP contribution >= 0.6 is 0 Å². The molecule has 0 aromatic rings. The molecule has 1 aliphatic heterocycles. The minimum Gasteiger partial charge on any atom is -0.380 e. The highest BCUT2D eigenvalue weighted by Crippen LogP contribution is 2.12. The highest BCUT2D eigenvalue weighted by molar-refractivity contribution is 4.62. The molecule has 1 aliphatic rings. The first kappa shape index (κ1) is 12.0. The van der Waals surface area contributed by atoms with Crippen molar-refractivity contribution in [2.45, 2.75) is 20.8 Å². The first-order valence-electron chi connectivity index (χ1n) is 5.46. The lowest BCUT2D eigenvalue weighted by molar-refractivity contribution is 0.00979. The summed E-state index contributed by atoms with van der Waals surface area (Å²) in [6.07, 6.45) is 0. The van der Waals surface area contributed by atoms with E-state index in [1.165, 1.54) is 0 Å². The lowest BCUT2D eigenvalue weighted by atomic mass is 9.99. The van der Waals surface area contributed by atoms with Crippen LogP contribution in [-0.4, -0.2) is 51.0 Å². The van der Waals surface area contributed by atoms with Gasteiger partial charge in [0.25, 0.3) is 0 Å². The van der Waals surface area contributed by atoms with Crippen molar-refractivity contribution >= 4 is 0 Å². The molecule has 0 N–H and O–H groups in total. The first-order valence-corrected chi connectivity index (χ1v) is 5.46. The molecule has 0 saturated carbocycles. The van der Waals surface area contributed by atoms with Crippen molar-refractivity contribution in [2.24, 2.45) is 5.41 Å². The third-order valence-corrected chi connectivity index (χ3v) is 2.19. The van der Waals surface area contributed by atoms with E-state index in [2.05, 4.69) is 25.7 Å². The molecule has 0 atom stereocenters. The van der Waals surface area contributed by atoms with E-state index in [-0.39, 0.29) is 5.41 Å². The van der Waals surface area contributed by atoms with Gasteiger partial charge in [-0.3, -0.25) is 4.90 Å². The van der Waals surface area contributed by atoms with Crippen molar-refractivity contribution < 1.29 is 9.47 Å². The number of nitrogens with zero attached hydrogens (tertiary/aromatic N) is 1. The van der Waals surface area contributed by atoms with Gasteiger partial charge in [-0.2, -0.15) is 0 Å². The zero-order valence-corrected chi connectivity index (χ0v) is 9.71. The van der Waals surface area contributed by atoms with Crippen molar-refractivity contribution in [3.05, 3.63) is 0 Å². The van der Waals surface area contributed by atoms with Crippen LogP contribution in [0.25, 0.3) is 0 Å². The van der Waals surface area contributed by atoms with Gasteiger partial charge in [0.05, 0.1) is 26.4 Å². The van der Waals surface area contributed by atoms with Crippen molar-refractivity contribution in [3.8, 4) is 0 Å². The molecule has 0 spiro atoms. The van der Waals surface area contributed by atoms with Crippen molar-refractivity contribution in [1.82, 2.24) is 4.90 Å². The minimum atomic E-state index is 0.283. The summed E-state index contributed by atoms with van der Waals surface area (Å²) in [7, 11) is 0. The average molecular weight is 201 g/mol. The lowest BCUT2D eigenvalue weighted by Crippen LogP contribution is -2.38. The Kier molecular flexibility index (Phi) is 4.85. The molecule has 0 radical (unpaired) electrons. The average Bonchev–Trinajstić information content (AvgIpc) is 2.13. The summed E-state index contributed by atoms with van der Waals surface area (Å²) < 4.78 is 10.9. The van der Waals surface area contributed by atoms with Gasteiger partial charge in [-0.05, 0) is 5.41 Å². The molecule has 3 heteroatoms. The quantitative estimate of drug-likeness (QED) is 0.641. The molecule has 3 nitrogen and oxygen atoms in total. The Morgan fingerprint density at radius 3 is 2.43 bits per heavy atom. The van der Waals surface area contributed by atoms with Gasteiger partial charge < -0.3 is 9.47 Å². The van der Waals surface area contributed by atoms with E-state index in [1.54, 1.807) is 0 Å². The summed E-state index contributed by atoms with van der Waals surface area (Å²) in [5, 5.41) is 0. The van der Waals surface area contributed by atoms with E-state index in [4.69, 9.17) is 9.47 Å². The van der Waals surface area contributed by atoms with Gasteiger partial charge in [0.15, 0.2) is 0 Å². The summed E-state index contributed by atoms with van der Waals surface area (Å²) in [6, 6.07) is 0. The molecule has 0 aromatic carbocycles. The van der Waals surface area contributed by atoms with E-state index in [0.29, 0.717) is 0 Å². The fourth-order valence-electron chi connectivity index (χ4n) is 1.40. The molecule has 0 aromatic heterocycles. The van der Waals surface area contributed by atoms with E-state index in [1.807, 2.05) is 0 Å². The Balaban J connectivity index is 1.97. The van der Waals surface area contributed by atoms with Crippen LogP contribution in [-0.2, 0) is 9.47 Å². The Morgan fingerprint density at radius 1 is 1.21 bits per heavy atom. The Bertz CT molecular complexity index is 148. The maximum atomic E-state index is 5.62. The molecule has 14 heavy (non-hydrogen) atoms. The molecule has 1 heterocycles. The Morgan fingerprint density at radius 2 is 1.86 bits per heavy atom. The molecule has 0 unspecified atom stereocenters. The van der Waals surface area contributed by atoms with Crippen LogP contribution in [0.3, 0.4) is 0 Å². The van der Waals surface area contributed by atoms with Crippen LogP contribution in [0, 0.1) is 5.41 Å². The fraction of sp³-hybridized carbons (Fsp3) is 1.00. The summed E-state index contributed by atoms with van der Waals surface area (Å²) >= 11 is 0. The normalized spacial score (nSPS) is 19.9. The number of rotatable bonds is 4. The predicted molar refractivity (Wildman–Crippen MR) is 57.5 cm³/mol. The minimum absolute atomic E-state index is 0.283. The second kappa shape index (κ2) is 5.69. The van der Waals surface area contributed by atoms with Gasteiger partial charge in [0, 0.05) is 19.6 Å². The first-order chi connectivity index (χ1) is 6.58. The van der Waals surface area contributed by atoms with E-state index >= 15 is 0 Å². The summed E-state index contributed by atoms with van der Waals surface area (Å²) in [5.41, 5.74) is 0.283. The summed E-state index contributed by atoms with van der Waals surface area (Å²) in [6.45, 7) is 13.2. The van der Waals surface area contributed by atoms with E-state index in [0.717, 1.165) is 46.1 Å². The zero-order chi connectivity index (χ0) is 10.4. The van der Waals surface area contributed by atoms with Gasteiger partial charge in [-0.15, -0.1) is 0 Å². The highest BCUT2D eigenvalue weighted by Gasteiger charge is 2.12. The Labute approximate surface area is 87.4 Å². The second-order valence-corrected chi connectivity index (χ2v) is 5.07. The maximum Gasteiger partial charge on any atom is 0.0594 e. The summed E-state index contributed by atoms with van der Waals surface area (Å²) in [5.74, 6) is 0. The molecule has 84 valence electrons. The fourth-order valence-corrected chi connectivity index (χ4v) is 1.40. The molecule has 0 amide bonds. The number of hydrogen-bond donors (Lipinski definition) is 0. The zero-order valence-electron chi connectivity index (χ0n) is 9.71. The SMILES string of the molecule is CC(C)(C)COCCN1CCOCC1. The third-order valence-electron chi connectivity index (χ3n) is 2.19. The molecule has 0 aliphatic carbocycles. The highest BCUT2D eigenvalue weighted by atomic mass is 16.5. The Hall–Kier alpha value is -0.120. The number of morpholine rings is 1. The summed E-state index contributed by atoms with van der Waals surface area (Å²) in [4.78, 5) is 2.40. The standard InChI is InChI=1S/C11H23NO2/c1-11(2,3)10-14-9-6-12-4-7-13-8-5-12/h4-10H2,1-3H3. The van der Waals surface area contributed by atoms with Crippen LogP contribution in [0.4, 0.5) is 0 Å². The largest absolute Gasteiger partial charge is 0.380 e. The smallest absolute Gasteiger partial charge is 0.0594 e. The van der Waals surface area contributed by atoms with Crippen molar-refractivity contribution in [2.75, 3.05) is 46.1 Å². The van der Waals surface area contributed by atoms with Gasteiger partial charge in [-0.1, -0.05) is 20.8 Å². The maximum absolute atomic E-state index is 5.62. The molecule has 1 saturated heterocycles. The van der Waals surface area contributed by atoms with Gasteiger partial charge in [0.1, 0.15) is 0 Å². The van der Waals surface area contributed by atoms with Gasteiger partial charge >= 0.3 is 0 Å². The van der Waals surface area contributed by atoms with Crippen LogP contribution in [0.15, 0.2) is 0 Å². The van der Waals surface area contributed by atoms with Crippen LogP contribution in [0.1, 0.15) is 20.8 Å². The van der Waals surface area contributed by atoms with Crippen LogP contribution < -0.4 is 0 Å².